The molecule has 2 aromatic carbocycles. The first-order valence-corrected chi connectivity index (χ1v) is 10.4. The molecule has 0 spiro atoms. The van der Waals surface area contributed by atoms with E-state index >= 15 is 0 Å². The molecular formula is C23H18FN3O2S. The molecule has 0 fully saturated rings. The van der Waals surface area contributed by atoms with Crippen LogP contribution in [-0.2, 0) is 13.0 Å². The third kappa shape index (κ3) is 3.37. The lowest BCUT2D eigenvalue weighted by atomic mass is 10.2. The zero-order valence-corrected chi connectivity index (χ0v) is 17.0. The number of halogens is 1. The number of hydrogen-bond acceptors (Lipinski definition) is 4. The van der Waals surface area contributed by atoms with Crippen LogP contribution in [0.5, 0.6) is 0 Å². The fraction of sp³-hybridized carbons (Fsp3) is 0.130. The number of amides is 1. The molecule has 3 heterocycles. The Hall–Kier alpha value is -3.45. The van der Waals surface area contributed by atoms with Crippen molar-refractivity contribution in [3.05, 3.63) is 83.5 Å². The van der Waals surface area contributed by atoms with E-state index in [-0.39, 0.29) is 11.7 Å². The molecule has 5 nitrogen and oxygen atoms in total. The van der Waals surface area contributed by atoms with Crippen molar-refractivity contribution in [3.63, 3.8) is 0 Å². The molecule has 0 aliphatic heterocycles. The van der Waals surface area contributed by atoms with Crippen LogP contribution in [-0.4, -0.2) is 15.5 Å². The summed E-state index contributed by atoms with van der Waals surface area (Å²) in [6.07, 6.45) is 2.52. The second kappa shape index (κ2) is 7.42. The number of nitrogens with zero attached hydrogens (tertiary/aromatic N) is 2. The molecule has 0 aliphatic rings. The van der Waals surface area contributed by atoms with Gasteiger partial charge in [0.2, 0.25) is 0 Å². The van der Waals surface area contributed by atoms with Crippen LogP contribution in [0.15, 0.2) is 65.3 Å². The van der Waals surface area contributed by atoms with Gasteiger partial charge in [-0.1, -0.05) is 36.5 Å². The van der Waals surface area contributed by atoms with Crippen molar-refractivity contribution < 1.29 is 13.6 Å². The van der Waals surface area contributed by atoms with E-state index < -0.39 is 0 Å². The summed E-state index contributed by atoms with van der Waals surface area (Å²) in [7, 11) is 0. The number of aromatic nitrogens is 2. The first-order chi connectivity index (χ1) is 14.6. The maximum absolute atomic E-state index is 13.6. The largest absolute Gasteiger partial charge is 0.463 e. The third-order valence-electron chi connectivity index (χ3n) is 5.07. The predicted molar refractivity (Wildman–Crippen MR) is 117 cm³/mol. The number of anilines is 1. The van der Waals surface area contributed by atoms with E-state index in [0.717, 1.165) is 27.7 Å². The van der Waals surface area contributed by atoms with Crippen molar-refractivity contribution in [3.8, 4) is 0 Å². The SMILES string of the molecule is CCc1ccc2nc(NC(=O)c3cc4occc4n3Cc3cccc(F)c3)sc2c1. The van der Waals surface area contributed by atoms with E-state index in [1.165, 1.54) is 29.0 Å². The van der Waals surface area contributed by atoms with Crippen molar-refractivity contribution >= 4 is 43.7 Å². The Bertz CT molecular complexity index is 1380. The van der Waals surface area contributed by atoms with Crippen LogP contribution in [0.1, 0.15) is 28.5 Å². The molecule has 7 heteroatoms. The Morgan fingerprint density at radius 1 is 1.17 bits per heavy atom. The number of hydrogen-bond donors (Lipinski definition) is 1. The summed E-state index contributed by atoms with van der Waals surface area (Å²) < 4.78 is 22.0. The quantitative estimate of drug-likeness (QED) is 0.389. The number of rotatable bonds is 5. The van der Waals surface area contributed by atoms with E-state index in [2.05, 4.69) is 23.3 Å². The second-order valence-electron chi connectivity index (χ2n) is 7.04. The highest BCUT2D eigenvalue weighted by Gasteiger charge is 2.19. The van der Waals surface area contributed by atoms with Gasteiger partial charge >= 0.3 is 0 Å². The van der Waals surface area contributed by atoms with Gasteiger partial charge in [-0.15, -0.1) is 0 Å². The van der Waals surface area contributed by atoms with Gasteiger partial charge < -0.3 is 8.98 Å². The lowest BCUT2D eigenvalue weighted by molar-refractivity contribution is 0.101. The van der Waals surface area contributed by atoms with Gasteiger partial charge in [0.05, 0.1) is 22.0 Å². The number of nitrogens with one attached hydrogen (secondary N) is 1. The molecule has 5 aromatic rings. The third-order valence-corrected chi connectivity index (χ3v) is 6.00. The van der Waals surface area contributed by atoms with Gasteiger partial charge in [-0.3, -0.25) is 10.1 Å². The Kier molecular flexibility index (Phi) is 4.59. The van der Waals surface area contributed by atoms with E-state index in [1.807, 2.05) is 22.8 Å². The first kappa shape index (κ1) is 18.6. The fourth-order valence-electron chi connectivity index (χ4n) is 3.56. The lowest BCUT2D eigenvalue weighted by Crippen LogP contribution is -2.17. The normalized spacial score (nSPS) is 11.4. The first-order valence-electron chi connectivity index (χ1n) is 9.62. The average molecular weight is 419 g/mol. The molecule has 0 saturated carbocycles. The molecule has 150 valence electrons. The van der Waals surface area contributed by atoms with Crippen molar-refractivity contribution in [1.82, 2.24) is 9.55 Å². The highest BCUT2D eigenvalue weighted by atomic mass is 32.1. The zero-order chi connectivity index (χ0) is 20.7. The molecule has 0 saturated heterocycles. The highest BCUT2D eigenvalue weighted by molar-refractivity contribution is 7.22. The smallest absolute Gasteiger partial charge is 0.274 e. The molecule has 0 aliphatic carbocycles. The van der Waals surface area contributed by atoms with Crippen molar-refractivity contribution in [1.29, 1.82) is 0 Å². The zero-order valence-electron chi connectivity index (χ0n) is 16.2. The van der Waals surface area contributed by atoms with Crippen LogP contribution in [0.3, 0.4) is 0 Å². The standard InChI is InChI=1S/C23H18FN3O2S/c1-2-14-6-7-17-21(11-14)30-23(25-17)26-22(28)19-12-20-18(8-9-29-20)27(19)13-15-4-3-5-16(24)10-15/h3-12H,2,13H2,1H3,(H,25,26,28). The molecule has 0 atom stereocenters. The summed E-state index contributed by atoms with van der Waals surface area (Å²) in [5, 5.41) is 3.45. The van der Waals surface area contributed by atoms with Crippen LogP contribution in [0.2, 0.25) is 0 Å². The van der Waals surface area contributed by atoms with Crippen LogP contribution < -0.4 is 5.32 Å². The summed E-state index contributed by atoms with van der Waals surface area (Å²) in [4.78, 5) is 17.6. The molecule has 1 amide bonds. The van der Waals surface area contributed by atoms with Crippen molar-refractivity contribution in [2.75, 3.05) is 5.32 Å². The monoisotopic (exact) mass is 419 g/mol. The van der Waals surface area contributed by atoms with Gasteiger partial charge in [0, 0.05) is 18.7 Å². The van der Waals surface area contributed by atoms with E-state index in [9.17, 15) is 9.18 Å². The minimum absolute atomic E-state index is 0.285. The van der Waals surface area contributed by atoms with Crippen LogP contribution in [0.25, 0.3) is 21.3 Å². The minimum atomic E-state index is -0.310. The molecule has 0 unspecified atom stereocenters. The van der Waals surface area contributed by atoms with E-state index in [0.29, 0.717) is 23.0 Å². The van der Waals surface area contributed by atoms with E-state index in [1.54, 1.807) is 24.5 Å². The lowest BCUT2D eigenvalue weighted by Gasteiger charge is -2.10. The number of benzene rings is 2. The van der Waals surface area contributed by atoms with Gasteiger partial charge in [-0.05, 0) is 41.8 Å². The second-order valence-corrected chi connectivity index (χ2v) is 8.08. The van der Waals surface area contributed by atoms with Crippen molar-refractivity contribution in [2.45, 2.75) is 19.9 Å². The molecule has 3 aromatic heterocycles. The van der Waals surface area contributed by atoms with Gasteiger partial charge in [0.15, 0.2) is 10.7 Å². The van der Waals surface area contributed by atoms with Gasteiger partial charge in [0.1, 0.15) is 11.5 Å². The molecule has 0 bridgehead atoms. The Morgan fingerprint density at radius 2 is 2.07 bits per heavy atom. The number of aryl methyl sites for hydroxylation is 1. The number of fused-ring (bicyclic) bond motifs is 2. The Morgan fingerprint density at radius 3 is 2.90 bits per heavy atom. The Balaban J connectivity index is 1.48. The van der Waals surface area contributed by atoms with Crippen LogP contribution in [0.4, 0.5) is 9.52 Å². The fourth-order valence-corrected chi connectivity index (χ4v) is 4.48. The summed E-state index contributed by atoms with van der Waals surface area (Å²) in [5.41, 5.74) is 4.66. The Labute approximate surface area is 175 Å². The maximum Gasteiger partial charge on any atom is 0.274 e. The van der Waals surface area contributed by atoms with E-state index in [4.69, 9.17) is 4.42 Å². The number of carbonyl (C=O) groups is 1. The van der Waals surface area contributed by atoms with Crippen molar-refractivity contribution in [2.24, 2.45) is 0 Å². The molecule has 30 heavy (non-hydrogen) atoms. The summed E-state index contributed by atoms with van der Waals surface area (Å²) >= 11 is 1.45. The van der Waals surface area contributed by atoms with Gasteiger partial charge in [-0.2, -0.15) is 0 Å². The summed E-state index contributed by atoms with van der Waals surface area (Å²) in [5.74, 6) is -0.595. The van der Waals surface area contributed by atoms with Crippen LogP contribution in [0, 0.1) is 5.82 Å². The maximum atomic E-state index is 13.6. The predicted octanol–water partition coefficient (Wildman–Crippen LogP) is 5.85. The summed E-state index contributed by atoms with van der Waals surface area (Å²) in [6, 6.07) is 16.0. The summed E-state index contributed by atoms with van der Waals surface area (Å²) in [6.45, 7) is 2.45. The molecule has 1 N–H and O–H groups in total. The van der Waals surface area contributed by atoms with Crippen LogP contribution >= 0.6 is 11.3 Å². The minimum Gasteiger partial charge on any atom is -0.463 e. The molecule has 0 radical (unpaired) electrons. The number of carbonyl (C=O) groups excluding carboxylic acids is 1. The van der Waals surface area contributed by atoms with Gasteiger partial charge in [-0.25, -0.2) is 9.37 Å². The molecular weight excluding hydrogens is 401 g/mol. The van der Waals surface area contributed by atoms with Gasteiger partial charge in [0.25, 0.3) is 5.91 Å². The average Bonchev–Trinajstić information content (AvgIpc) is 3.42. The topological polar surface area (TPSA) is 60.1 Å². The highest BCUT2D eigenvalue weighted by Crippen LogP contribution is 2.28. The number of thiazole rings is 1. The molecule has 5 rings (SSSR count). The number of furan rings is 1.